The number of aromatic hydroxyl groups is 2. The molecule has 1 aromatic carbocycles. The van der Waals surface area contributed by atoms with Gasteiger partial charge in [0.1, 0.15) is 11.5 Å². The first-order chi connectivity index (χ1) is 11.4. The van der Waals surface area contributed by atoms with Gasteiger partial charge in [0.05, 0.1) is 28.7 Å². The molecule has 132 valence electrons. The van der Waals surface area contributed by atoms with Crippen LogP contribution in [0.3, 0.4) is 0 Å². The zero-order chi connectivity index (χ0) is 17.9. The van der Waals surface area contributed by atoms with Crippen LogP contribution in [0.5, 0.6) is 11.5 Å². The van der Waals surface area contributed by atoms with Crippen molar-refractivity contribution < 1.29 is 24.5 Å². The van der Waals surface area contributed by atoms with Crippen molar-refractivity contribution >= 4 is 23.9 Å². The van der Waals surface area contributed by atoms with Gasteiger partial charge in [0.25, 0.3) is 0 Å². The lowest BCUT2D eigenvalue weighted by Crippen LogP contribution is -2.36. The number of nitrogens with zero attached hydrogens (tertiary/aromatic N) is 1. The molecule has 0 radical (unpaired) electrons. The summed E-state index contributed by atoms with van der Waals surface area (Å²) < 4.78 is 5.04. The number of aldehydes is 1. The average molecular weight is 356 g/mol. The fourth-order valence-corrected chi connectivity index (χ4v) is 3.20. The summed E-state index contributed by atoms with van der Waals surface area (Å²) in [4.78, 5) is 24.9. The maximum atomic E-state index is 11.8. The molecule has 1 fully saturated rings. The molecule has 0 amide bonds. The van der Waals surface area contributed by atoms with E-state index in [1.807, 2.05) is 4.90 Å². The summed E-state index contributed by atoms with van der Waals surface area (Å²) >= 11 is 6.06. The van der Waals surface area contributed by atoms with E-state index in [1.165, 1.54) is 0 Å². The summed E-state index contributed by atoms with van der Waals surface area (Å²) in [6.45, 7) is 5.24. The molecule has 1 aliphatic rings. The van der Waals surface area contributed by atoms with E-state index < -0.39 is 0 Å². The fourth-order valence-electron chi connectivity index (χ4n) is 2.99. The van der Waals surface area contributed by atoms with Crippen LogP contribution in [0.25, 0.3) is 0 Å². The highest BCUT2D eigenvalue weighted by molar-refractivity contribution is 6.33. The van der Waals surface area contributed by atoms with Gasteiger partial charge in [0.15, 0.2) is 6.29 Å². The van der Waals surface area contributed by atoms with Crippen molar-refractivity contribution in [3.8, 4) is 11.5 Å². The maximum absolute atomic E-state index is 11.8. The van der Waals surface area contributed by atoms with Gasteiger partial charge in [-0.1, -0.05) is 11.6 Å². The van der Waals surface area contributed by atoms with Crippen molar-refractivity contribution in [3.63, 3.8) is 0 Å². The smallest absolute Gasteiger partial charge is 0.309 e. The standard InChI is InChI=1S/C17H22ClNO5/c1-3-24-17(23)11-4-6-19(7-5-11)8-12-15(21)13(9-20)10(2)14(18)16(12)22/h9,11,21-22H,3-8H2,1-2H3. The lowest BCUT2D eigenvalue weighted by atomic mass is 9.96. The van der Waals surface area contributed by atoms with Crippen LogP contribution in [0, 0.1) is 12.8 Å². The van der Waals surface area contributed by atoms with E-state index in [-0.39, 0.29) is 46.1 Å². The molecule has 6 nitrogen and oxygen atoms in total. The summed E-state index contributed by atoms with van der Waals surface area (Å²) in [5, 5.41) is 20.6. The highest BCUT2D eigenvalue weighted by Crippen LogP contribution is 2.40. The highest BCUT2D eigenvalue weighted by atomic mass is 35.5. The van der Waals surface area contributed by atoms with Gasteiger partial charge < -0.3 is 14.9 Å². The molecule has 0 atom stereocenters. The van der Waals surface area contributed by atoms with Gasteiger partial charge in [-0.2, -0.15) is 0 Å². The molecular weight excluding hydrogens is 334 g/mol. The third kappa shape index (κ3) is 3.65. The molecule has 2 N–H and O–H groups in total. The molecule has 0 bridgehead atoms. The maximum Gasteiger partial charge on any atom is 0.309 e. The summed E-state index contributed by atoms with van der Waals surface area (Å²) in [7, 11) is 0. The molecule has 0 aliphatic carbocycles. The third-order valence-corrected chi connectivity index (χ3v) is 4.94. The average Bonchev–Trinajstić information content (AvgIpc) is 2.58. The Hall–Kier alpha value is -1.79. The van der Waals surface area contributed by atoms with E-state index in [0.717, 1.165) is 0 Å². The minimum absolute atomic E-state index is 0.0753. The predicted molar refractivity (Wildman–Crippen MR) is 89.5 cm³/mol. The molecule has 1 saturated heterocycles. The van der Waals surface area contributed by atoms with Crippen LogP contribution >= 0.6 is 11.6 Å². The monoisotopic (exact) mass is 355 g/mol. The number of carbonyl (C=O) groups excluding carboxylic acids is 2. The first-order valence-electron chi connectivity index (χ1n) is 7.97. The number of benzene rings is 1. The Morgan fingerprint density at radius 3 is 2.50 bits per heavy atom. The largest absolute Gasteiger partial charge is 0.507 e. The number of phenolic OH excluding ortho intramolecular Hbond substituents is 2. The van der Waals surface area contributed by atoms with Crippen LogP contribution in [0.2, 0.25) is 5.02 Å². The third-order valence-electron chi connectivity index (χ3n) is 4.48. The Bertz CT molecular complexity index is 639. The molecule has 24 heavy (non-hydrogen) atoms. The first-order valence-corrected chi connectivity index (χ1v) is 8.35. The van der Waals surface area contributed by atoms with Gasteiger partial charge in [-0.05, 0) is 45.3 Å². The molecule has 1 aromatic rings. The predicted octanol–water partition coefficient (Wildman–Crippen LogP) is 2.65. The van der Waals surface area contributed by atoms with E-state index in [1.54, 1.807) is 13.8 Å². The molecular formula is C17H22ClNO5. The first kappa shape index (κ1) is 18.5. The van der Waals surface area contributed by atoms with Crippen molar-refractivity contribution in [1.29, 1.82) is 0 Å². The van der Waals surface area contributed by atoms with Crippen LogP contribution < -0.4 is 0 Å². The zero-order valence-electron chi connectivity index (χ0n) is 13.8. The number of piperidine rings is 1. The van der Waals surface area contributed by atoms with Crippen LogP contribution in [0.1, 0.15) is 41.3 Å². The van der Waals surface area contributed by atoms with E-state index in [9.17, 15) is 19.8 Å². The number of hydrogen-bond donors (Lipinski definition) is 2. The number of ether oxygens (including phenoxy) is 1. The van der Waals surface area contributed by atoms with E-state index >= 15 is 0 Å². The van der Waals surface area contributed by atoms with Crippen molar-refractivity contribution in [1.82, 2.24) is 4.90 Å². The summed E-state index contributed by atoms with van der Waals surface area (Å²) in [5.41, 5.74) is 0.683. The van der Waals surface area contributed by atoms with E-state index in [4.69, 9.17) is 16.3 Å². The summed E-state index contributed by atoms with van der Waals surface area (Å²) in [5.74, 6) is -0.735. The van der Waals surface area contributed by atoms with Crippen molar-refractivity contribution in [2.75, 3.05) is 19.7 Å². The lowest BCUT2D eigenvalue weighted by molar-refractivity contribution is -0.149. The van der Waals surface area contributed by atoms with E-state index in [0.29, 0.717) is 44.4 Å². The van der Waals surface area contributed by atoms with Gasteiger partial charge in [0, 0.05) is 6.54 Å². The second kappa shape index (κ2) is 7.85. The second-order valence-electron chi connectivity index (χ2n) is 5.95. The van der Waals surface area contributed by atoms with Crippen molar-refractivity contribution in [2.24, 2.45) is 5.92 Å². The van der Waals surface area contributed by atoms with E-state index in [2.05, 4.69) is 0 Å². The van der Waals surface area contributed by atoms with Crippen LogP contribution in [-0.4, -0.2) is 47.1 Å². The van der Waals surface area contributed by atoms with Gasteiger partial charge in [-0.3, -0.25) is 14.5 Å². The van der Waals surface area contributed by atoms with Crippen LogP contribution in [0.15, 0.2) is 0 Å². The number of halogens is 1. The van der Waals surface area contributed by atoms with Gasteiger partial charge >= 0.3 is 5.97 Å². The fraction of sp³-hybridized carbons (Fsp3) is 0.529. The molecule has 1 heterocycles. The molecule has 0 aromatic heterocycles. The normalized spacial score (nSPS) is 16.1. The zero-order valence-corrected chi connectivity index (χ0v) is 14.6. The Kier molecular flexibility index (Phi) is 6.07. The number of esters is 1. The minimum atomic E-state index is -0.239. The van der Waals surface area contributed by atoms with Gasteiger partial charge in [-0.25, -0.2) is 0 Å². The number of rotatable bonds is 5. The Morgan fingerprint density at radius 1 is 1.33 bits per heavy atom. The van der Waals surface area contributed by atoms with Crippen LogP contribution in [0.4, 0.5) is 0 Å². The molecule has 7 heteroatoms. The van der Waals surface area contributed by atoms with Gasteiger partial charge in [-0.15, -0.1) is 0 Å². The summed E-state index contributed by atoms with van der Waals surface area (Å²) in [6, 6.07) is 0. The molecule has 0 unspecified atom stereocenters. The Morgan fingerprint density at radius 2 is 1.96 bits per heavy atom. The molecule has 0 saturated carbocycles. The van der Waals surface area contributed by atoms with Gasteiger partial charge in [0.2, 0.25) is 0 Å². The topological polar surface area (TPSA) is 87.1 Å². The minimum Gasteiger partial charge on any atom is -0.507 e. The summed E-state index contributed by atoms with van der Waals surface area (Å²) in [6.07, 6.45) is 1.84. The van der Waals surface area contributed by atoms with Crippen molar-refractivity contribution in [3.05, 3.63) is 21.7 Å². The Labute approximate surface area is 146 Å². The molecule has 1 aliphatic heterocycles. The highest BCUT2D eigenvalue weighted by Gasteiger charge is 2.28. The second-order valence-corrected chi connectivity index (χ2v) is 6.33. The number of phenols is 2. The Balaban J connectivity index is 2.12. The quantitative estimate of drug-likeness (QED) is 0.623. The number of carbonyl (C=O) groups is 2. The SMILES string of the molecule is CCOC(=O)C1CCN(Cc2c(O)c(Cl)c(C)c(C=O)c2O)CC1. The molecule has 0 spiro atoms. The van der Waals surface area contributed by atoms with Crippen LogP contribution in [-0.2, 0) is 16.1 Å². The lowest BCUT2D eigenvalue weighted by Gasteiger charge is -2.31. The molecule has 2 rings (SSSR count). The number of hydrogen-bond acceptors (Lipinski definition) is 6. The van der Waals surface area contributed by atoms with Crippen molar-refractivity contribution in [2.45, 2.75) is 33.2 Å². The number of likely N-dealkylation sites (tertiary alicyclic amines) is 1.